The van der Waals surface area contributed by atoms with Gasteiger partial charge in [0.15, 0.2) is 6.10 Å². The fourth-order valence-electron chi connectivity index (χ4n) is 3.63. The number of carbonyl (C=O) groups is 1. The number of anilines is 1. The summed E-state index contributed by atoms with van der Waals surface area (Å²) in [6, 6.07) is 10.1. The molecule has 4 rings (SSSR count). The van der Waals surface area contributed by atoms with Gasteiger partial charge in [-0.2, -0.15) is 13.2 Å². The normalized spacial score (nSPS) is 19.8. The number of rotatable bonds is 2. The zero-order valence-corrected chi connectivity index (χ0v) is 15.2. The number of ether oxygens (including phenoxy) is 1. The molecule has 2 aromatic rings. The number of alkyl halides is 3. The highest BCUT2D eigenvalue weighted by atomic mass is 19.4. The monoisotopic (exact) mass is 391 g/mol. The van der Waals surface area contributed by atoms with Gasteiger partial charge in [0.2, 0.25) is 0 Å². The smallest absolute Gasteiger partial charge is 0.417 e. The van der Waals surface area contributed by atoms with E-state index in [4.69, 9.17) is 4.74 Å². The molecule has 1 saturated heterocycles. The van der Waals surface area contributed by atoms with Crippen molar-refractivity contribution in [3.8, 4) is 5.75 Å². The quantitative estimate of drug-likeness (QED) is 0.789. The molecule has 0 bridgehead atoms. The topological polar surface area (TPSA) is 45.7 Å². The standard InChI is InChI=1S/C20H20F3N3O2/c21-20(22,23)15-6-7-18(24-13-15)25-8-3-9-26(11-10-25)19(27)17-12-14-4-1-2-5-16(14)28-17/h1-2,4-7,13,17H,3,8-12H2/t17-/m1/s1. The molecular formula is C20H20F3N3O2. The van der Waals surface area contributed by atoms with E-state index in [2.05, 4.69) is 4.98 Å². The summed E-state index contributed by atoms with van der Waals surface area (Å²) < 4.78 is 43.9. The van der Waals surface area contributed by atoms with E-state index in [-0.39, 0.29) is 5.91 Å². The van der Waals surface area contributed by atoms with Gasteiger partial charge in [0, 0.05) is 38.8 Å². The van der Waals surface area contributed by atoms with E-state index in [0.717, 1.165) is 23.6 Å². The van der Waals surface area contributed by atoms with Crippen LogP contribution in [-0.2, 0) is 17.4 Å². The van der Waals surface area contributed by atoms with Gasteiger partial charge in [-0.3, -0.25) is 4.79 Å². The van der Waals surface area contributed by atoms with Crippen molar-refractivity contribution < 1.29 is 22.7 Å². The average molecular weight is 391 g/mol. The maximum Gasteiger partial charge on any atom is 0.417 e. The summed E-state index contributed by atoms with van der Waals surface area (Å²) in [5.74, 6) is 1.21. The van der Waals surface area contributed by atoms with Crippen molar-refractivity contribution in [1.29, 1.82) is 0 Å². The van der Waals surface area contributed by atoms with Gasteiger partial charge in [0.1, 0.15) is 11.6 Å². The average Bonchev–Trinajstić information content (AvgIpc) is 2.96. The summed E-state index contributed by atoms with van der Waals surface area (Å²) in [6.45, 7) is 2.22. The van der Waals surface area contributed by atoms with E-state index in [9.17, 15) is 18.0 Å². The Kier molecular flexibility index (Phi) is 4.87. The predicted octanol–water partition coefficient (Wildman–Crippen LogP) is 3.14. The van der Waals surface area contributed by atoms with Gasteiger partial charge < -0.3 is 14.5 Å². The highest BCUT2D eigenvalue weighted by Crippen LogP contribution is 2.30. The minimum Gasteiger partial charge on any atom is -0.480 e. The van der Waals surface area contributed by atoms with Gasteiger partial charge in [-0.1, -0.05) is 18.2 Å². The number of halogens is 3. The first-order chi connectivity index (χ1) is 13.4. The Balaban J connectivity index is 1.38. The molecule has 3 heterocycles. The second kappa shape index (κ2) is 7.33. The van der Waals surface area contributed by atoms with Gasteiger partial charge in [-0.15, -0.1) is 0 Å². The van der Waals surface area contributed by atoms with Crippen LogP contribution in [0.4, 0.5) is 19.0 Å². The predicted molar refractivity (Wildman–Crippen MR) is 97.2 cm³/mol. The lowest BCUT2D eigenvalue weighted by Gasteiger charge is -2.24. The molecule has 0 spiro atoms. The zero-order chi connectivity index (χ0) is 19.7. The third-order valence-electron chi connectivity index (χ3n) is 5.13. The van der Waals surface area contributed by atoms with Gasteiger partial charge in [0.05, 0.1) is 5.56 Å². The molecule has 1 fully saturated rings. The Labute approximate surface area is 160 Å². The molecule has 1 atom stereocenters. The number of para-hydroxylation sites is 1. The summed E-state index contributed by atoms with van der Waals surface area (Å²) in [5, 5.41) is 0. The number of amides is 1. The van der Waals surface area contributed by atoms with Crippen LogP contribution in [0.2, 0.25) is 0 Å². The van der Waals surface area contributed by atoms with Crippen LogP contribution in [0.15, 0.2) is 42.6 Å². The summed E-state index contributed by atoms with van der Waals surface area (Å²) in [5.41, 5.74) is 0.270. The van der Waals surface area contributed by atoms with Crippen molar-refractivity contribution in [3.05, 3.63) is 53.7 Å². The first kappa shape index (κ1) is 18.6. The van der Waals surface area contributed by atoms with Crippen LogP contribution in [-0.4, -0.2) is 48.1 Å². The number of aromatic nitrogens is 1. The fourth-order valence-corrected chi connectivity index (χ4v) is 3.63. The van der Waals surface area contributed by atoms with Crippen molar-refractivity contribution >= 4 is 11.7 Å². The van der Waals surface area contributed by atoms with Crippen LogP contribution < -0.4 is 9.64 Å². The molecule has 0 saturated carbocycles. The van der Waals surface area contributed by atoms with Crippen molar-refractivity contribution in [1.82, 2.24) is 9.88 Å². The summed E-state index contributed by atoms with van der Waals surface area (Å²) in [4.78, 5) is 20.5. The Morgan fingerprint density at radius 2 is 1.89 bits per heavy atom. The second-order valence-electron chi connectivity index (χ2n) is 6.99. The van der Waals surface area contributed by atoms with E-state index in [1.165, 1.54) is 6.07 Å². The van der Waals surface area contributed by atoms with Gasteiger partial charge >= 0.3 is 6.18 Å². The fraction of sp³-hybridized carbons (Fsp3) is 0.400. The van der Waals surface area contributed by atoms with Crippen LogP contribution >= 0.6 is 0 Å². The molecule has 0 radical (unpaired) electrons. The molecule has 0 aliphatic carbocycles. The number of benzene rings is 1. The van der Waals surface area contributed by atoms with Crippen LogP contribution in [0.25, 0.3) is 0 Å². The van der Waals surface area contributed by atoms with Crippen molar-refractivity contribution in [2.24, 2.45) is 0 Å². The molecule has 8 heteroatoms. The molecule has 0 N–H and O–H groups in total. The van der Waals surface area contributed by atoms with E-state index < -0.39 is 17.8 Å². The first-order valence-electron chi connectivity index (χ1n) is 9.23. The largest absolute Gasteiger partial charge is 0.480 e. The van der Waals surface area contributed by atoms with E-state index in [1.54, 1.807) is 4.90 Å². The van der Waals surface area contributed by atoms with Crippen molar-refractivity contribution in [2.45, 2.75) is 25.1 Å². The van der Waals surface area contributed by atoms with Crippen LogP contribution in [0.5, 0.6) is 5.75 Å². The minimum atomic E-state index is -4.40. The Morgan fingerprint density at radius 3 is 2.61 bits per heavy atom. The van der Waals surface area contributed by atoms with Crippen molar-refractivity contribution in [3.63, 3.8) is 0 Å². The number of hydrogen-bond acceptors (Lipinski definition) is 4. The van der Waals surface area contributed by atoms with Crippen LogP contribution in [0.1, 0.15) is 17.5 Å². The highest BCUT2D eigenvalue weighted by Gasteiger charge is 2.33. The SMILES string of the molecule is O=C([C@H]1Cc2ccccc2O1)N1CCCN(c2ccc(C(F)(F)F)cn2)CC1. The molecule has 148 valence electrons. The molecule has 1 amide bonds. The van der Waals surface area contributed by atoms with E-state index >= 15 is 0 Å². The lowest BCUT2D eigenvalue weighted by Crippen LogP contribution is -2.43. The molecule has 2 aliphatic heterocycles. The lowest BCUT2D eigenvalue weighted by molar-refractivity contribution is -0.138. The first-order valence-corrected chi connectivity index (χ1v) is 9.23. The zero-order valence-electron chi connectivity index (χ0n) is 15.2. The maximum atomic E-state index is 12.9. The third kappa shape index (κ3) is 3.76. The molecule has 1 aromatic carbocycles. The number of fused-ring (bicyclic) bond motifs is 1. The number of carbonyl (C=O) groups excluding carboxylic acids is 1. The maximum absolute atomic E-state index is 12.9. The Hall–Kier alpha value is -2.77. The minimum absolute atomic E-state index is 0.0431. The molecule has 2 aliphatic rings. The van der Waals surface area contributed by atoms with Gasteiger partial charge in [-0.05, 0) is 30.2 Å². The van der Waals surface area contributed by atoms with Crippen LogP contribution in [0, 0.1) is 0 Å². The number of hydrogen-bond donors (Lipinski definition) is 0. The van der Waals surface area contributed by atoms with Crippen LogP contribution in [0.3, 0.4) is 0 Å². The summed E-state index contributed by atoms with van der Waals surface area (Å²) in [7, 11) is 0. The highest BCUT2D eigenvalue weighted by molar-refractivity contribution is 5.82. The summed E-state index contributed by atoms with van der Waals surface area (Å²) >= 11 is 0. The van der Waals surface area contributed by atoms with Gasteiger partial charge in [-0.25, -0.2) is 4.98 Å². The number of pyridine rings is 1. The molecular weight excluding hydrogens is 371 g/mol. The van der Waals surface area contributed by atoms with Crippen molar-refractivity contribution in [2.75, 3.05) is 31.1 Å². The third-order valence-corrected chi connectivity index (χ3v) is 5.13. The second-order valence-corrected chi connectivity index (χ2v) is 6.99. The summed E-state index contributed by atoms with van der Waals surface area (Å²) in [6.07, 6.45) is -2.77. The van der Waals surface area contributed by atoms with Gasteiger partial charge in [0.25, 0.3) is 5.91 Å². The van der Waals surface area contributed by atoms with E-state index in [1.807, 2.05) is 29.2 Å². The molecule has 1 aromatic heterocycles. The molecule has 5 nitrogen and oxygen atoms in total. The molecule has 0 unspecified atom stereocenters. The molecule has 28 heavy (non-hydrogen) atoms. The Bertz CT molecular complexity index is 830. The lowest BCUT2D eigenvalue weighted by atomic mass is 10.1. The number of nitrogens with zero attached hydrogens (tertiary/aromatic N) is 3. The Morgan fingerprint density at radius 1 is 1.07 bits per heavy atom. The van der Waals surface area contributed by atoms with E-state index in [0.29, 0.717) is 44.8 Å².